The Labute approximate surface area is 93.5 Å². The predicted molar refractivity (Wildman–Crippen MR) is 61.5 cm³/mol. The minimum Gasteiger partial charge on any atom is -0.383 e. The highest BCUT2D eigenvalue weighted by molar-refractivity contribution is 5.93. The van der Waals surface area contributed by atoms with Crippen molar-refractivity contribution >= 4 is 11.6 Å². The minimum absolute atomic E-state index is 0.288. The summed E-state index contributed by atoms with van der Waals surface area (Å²) in [5.41, 5.74) is 3.12. The Hall–Kier alpha value is -1.66. The van der Waals surface area contributed by atoms with Crippen LogP contribution in [0.15, 0.2) is 29.3 Å². The molecular formula is C10H15FN4O. The molecule has 0 radical (unpaired) electrons. The second-order valence-corrected chi connectivity index (χ2v) is 3.00. The molecule has 0 aliphatic heterocycles. The molecule has 88 valence electrons. The summed E-state index contributed by atoms with van der Waals surface area (Å²) in [6.45, 7) is 1.00. The van der Waals surface area contributed by atoms with Gasteiger partial charge < -0.3 is 10.1 Å². The van der Waals surface area contributed by atoms with Gasteiger partial charge in [-0.3, -0.25) is 5.43 Å². The summed E-state index contributed by atoms with van der Waals surface area (Å²) >= 11 is 0. The van der Waals surface area contributed by atoms with Crippen LogP contribution in [0.25, 0.3) is 0 Å². The fourth-order valence-corrected chi connectivity index (χ4v) is 1.04. The Bertz CT molecular complexity index is 339. The molecule has 1 aromatic carbocycles. The van der Waals surface area contributed by atoms with Crippen molar-refractivity contribution in [3.8, 4) is 0 Å². The van der Waals surface area contributed by atoms with Gasteiger partial charge in [-0.05, 0) is 24.3 Å². The molecule has 1 rings (SSSR count). The Morgan fingerprint density at radius 1 is 1.44 bits per heavy atom. The third-order valence-corrected chi connectivity index (χ3v) is 1.81. The third kappa shape index (κ3) is 4.24. The van der Waals surface area contributed by atoms with Crippen LogP contribution in [0.5, 0.6) is 0 Å². The molecule has 0 saturated carbocycles. The number of nitrogens with zero attached hydrogens (tertiary/aromatic N) is 1. The zero-order valence-electron chi connectivity index (χ0n) is 9.03. The van der Waals surface area contributed by atoms with E-state index >= 15 is 0 Å². The lowest BCUT2D eigenvalue weighted by molar-refractivity contribution is 0.208. The van der Waals surface area contributed by atoms with Gasteiger partial charge in [0.05, 0.1) is 13.2 Å². The van der Waals surface area contributed by atoms with Gasteiger partial charge in [0.1, 0.15) is 5.82 Å². The Kier molecular flexibility index (Phi) is 5.24. The highest BCUT2D eigenvalue weighted by Gasteiger charge is 1.97. The second kappa shape index (κ2) is 6.76. The minimum atomic E-state index is -0.288. The molecule has 0 aliphatic rings. The van der Waals surface area contributed by atoms with Crippen molar-refractivity contribution in [2.75, 3.05) is 25.6 Å². The number of methoxy groups -OCH3 is 1. The molecule has 0 bridgehead atoms. The van der Waals surface area contributed by atoms with E-state index < -0.39 is 0 Å². The van der Waals surface area contributed by atoms with Crippen molar-refractivity contribution in [2.24, 2.45) is 10.8 Å². The topological polar surface area (TPSA) is 71.7 Å². The highest BCUT2D eigenvalue weighted by Crippen LogP contribution is 2.07. The van der Waals surface area contributed by atoms with Crippen LogP contribution in [0, 0.1) is 5.82 Å². The van der Waals surface area contributed by atoms with Crippen LogP contribution in [0.2, 0.25) is 0 Å². The van der Waals surface area contributed by atoms with Crippen molar-refractivity contribution in [1.82, 2.24) is 5.43 Å². The first-order valence-corrected chi connectivity index (χ1v) is 4.79. The SMILES string of the molecule is COCCN=C(NN)Nc1ccc(F)cc1. The molecule has 16 heavy (non-hydrogen) atoms. The van der Waals surface area contributed by atoms with Crippen LogP contribution in [-0.2, 0) is 4.74 Å². The fraction of sp³-hybridized carbons (Fsp3) is 0.300. The summed E-state index contributed by atoms with van der Waals surface area (Å²) in [6.07, 6.45) is 0. The van der Waals surface area contributed by atoms with Gasteiger partial charge in [0, 0.05) is 12.8 Å². The first-order chi connectivity index (χ1) is 7.76. The van der Waals surface area contributed by atoms with E-state index in [-0.39, 0.29) is 5.82 Å². The van der Waals surface area contributed by atoms with Crippen molar-refractivity contribution < 1.29 is 9.13 Å². The average molecular weight is 226 g/mol. The van der Waals surface area contributed by atoms with Gasteiger partial charge in [-0.2, -0.15) is 0 Å². The van der Waals surface area contributed by atoms with E-state index in [1.165, 1.54) is 12.1 Å². The van der Waals surface area contributed by atoms with Crippen LogP contribution < -0.4 is 16.6 Å². The van der Waals surface area contributed by atoms with E-state index in [0.29, 0.717) is 24.8 Å². The van der Waals surface area contributed by atoms with Crippen LogP contribution in [0.3, 0.4) is 0 Å². The third-order valence-electron chi connectivity index (χ3n) is 1.81. The van der Waals surface area contributed by atoms with E-state index in [9.17, 15) is 4.39 Å². The zero-order valence-corrected chi connectivity index (χ0v) is 9.03. The number of ether oxygens (including phenoxy) is 1. The number of anilines is 1. The molecule has 5 nitrogen and oxygen atoms in total. The molecule has 0 heterocycles. The van der Waals surface area contributed by atoms with Crippen LogP contribution in [0.4, 0.5) is 10.1 Å². The maximum Gasteiger partial charge on any atom is 0.210 e. The summed E-state index contributed by atoms with van der Waals surface area (Å²) in [5.74, 6) is 5.39. The molecule has 0 aliphatic carbocycles. The molecule has 1 aromatic rings. The standard InChI is InChI=1S/C10H15FN4O/c1-16-7-6-13-10(15-12)14-9-4-2-8(11)3-5-9/h2-5H,6-7,12H2,1H3,(H2,13,14,15). The van der Waals surface area contributed by atoms with Gasteiger partial charge in [0.2, 0.25) is 5.96 Å². The Balaban J connectivity index is 2.55. The fourth-order valence-electron chi connectivity index (χ4n) is 1.04. The van der Waals surface area contributed by atoms with Crippen molar-refractivity contribution in [3.05, 3.63) is 30.1 Å². The number of aliphatic imine (C=N–C) groups is 1. The van der Waals surface area contributed by atoms with Gasteiger partial charge >= 0.3 is 0 Å². The maximum absolute atomic E-state index is 12.6. The van der Waals surface area contributed by atoms with Crippen molar-refractivity contribution in [2.45, 2.75) is 0 Å². The van der Waals surface area contributed by atoms with Crippen LogP contribution in [0.1, 0.15) is 0 Å². The number of hydrazine groups is 1. The van der Waals surface area contributed by atoms with E-state index in [1.54, 1.807) is 19.2 Å². The molecular weight excluding hydrogens is 211 g/mol. The zero-order chi connectivity index (χ0) is 11.8. The molecule has 0 saturated heterocycles. The number of rotatable bonds is 4. The molecule has 0 spiro atoms. The molecule has 4 N–H and O–H groups in total. The Morgan fingerprint density at radius 2 is 2.12 bits per heavy atom. The average Bonchev–Trinajstić information content (AvgIpc) is 2.31. The number of hydrogen-bond acceptors (Lipinski definition) is 3. The van der Waals surface area contributed by atoms with E-state index in [2.05, 4.69) is 15.7 Å². The summed E-state index contributed by atoms with van der Waals surface area (Å²) in [4.78, 5) is 4.10. The van der Waals surface area contributed by atoms with E-state index in [1.807, 2.05) is 0 Å². The molecule has 6 heteroatoms. The highest BCUT2D eigenvalue weighted by atomic mass is 19.1. The van der Waals surface area contributed by atoms with Crippen LogP contribution >= 0.6 is 0 Å². The largest absolute Gasteiger partial charge is 0.383 e. The number of hydrogen-bond donors (Lipinski definition) is 3. The lowest BCUT2D eigenvalue weighted by Gasteiger charge is -2.08. The number of nitrogens with two attached hydrogens (primary N) is 1. The second-order valence-electron chi connectivity index (χ2n) is 3.00. The molecule has 0 fully saturated rings. The van der Waals surface area contributed by atoms with Crippen LogP contribution in [-0.4, -0.2) is 26.2 Å². The van der Waals surface area contributed by atoms with Gasteiger partial charge in [-0.1, -0.05) is 0 Å². The lowest BCUT2D eigenvalue weighted by atomic mass is 10.3. The summed E-state index contributed by atoms with van der Waals surface area (Å²) in [7, 11) is 1.60. The molecule has 0 amide bonds. The monoisotopic (exact) mass is 226 g/mol. The quantitative estimate of drug-likeness (QED) is 0.232. The van der Waals surface area contributed by atoms with E-state index in [4.69, 9.17) is 10.6 Å². The number of nitrogens with one attached hydrogen (secondary N) is 2. The van der Waals surface area contributed by atoms with Gasteiger partial charge in [-0.15, -0.1) is 0 Å². The molecule has 0 unspecified atom stereocenters. The van der Waals surface area contributed by atoms with Gasteiger partial charge in [0.25, 0.3) is 0 Å². The maximum atomic E-state index is 12.6. The predicted octanol–water partition coefficient (Wildman–Crippen LogP) is 0.703. The van der Waals surface area contributed by atoms with Crippen molar-refractivity contribution in [1.29, 1.82) is 0 Å². The summed E-state index contributed by atoms with van der Waals surface area (Å²) < 4.78 is 17.5. The lowest BCUT2D eigenvalue weighted by Crippen LogP contribution is -2.36. The van der Waals surface area contributed by atoms with Gasteiger partial charge in [0.15, 0.2) is 0 Å². The van der Waals surface area contributed by atoms with Crippen molar-refractivity contribution in [3.63, 3.8) is 0 Å². The summed E-state index contributed by atoms with van der Waals surface area (Å²) in [6, 6.07) is 5.90. The van der Waals surface area contributed by atoms with E-state index in [0.717, 1.165) is 0 Å². The first kappa shape index (κ1) is 12.4. The Morgan fingerprint density at radius 3 is 2.69 bits per heavy atom. The first-order valence-electron chi connectivity index (χ1n) is 4.79. The number of halogens is 1. The number of guanidine groups is 1. The smallest absolute Gasteiger partial charge is 0.210 e. The molecule has 0 atom stereocenters. The summed E-state index contributed by atoms with van der Waals surface area (Å²) in [5, 5.41) is 2.91. The number of benzene rings is 1. The normalized spacial score (nSPS) is 11.3. The van der Waals surface area contributed by atoms with Gasteiger partial charge in [-0.25, -0.2) is 15.2 Å². The molecule has 0 aromatic heterocycles.